The molecule has 0 fully saturated rings. The molecule has 0 aromatic carbocycles. The molecule has 3 heteroatoms. The number of hydrogen-bond donors (Lipinski definition) is 2. The lowest BCUT2D eigenvalue weighted by Crippen LogP contribution is -2.48. The lowest BCUT2D eigenvalue weighted by Gasteiger charge is -2.30. The highest BCUT2D eigenvalue weighted by Gasteiger charge is 2.23. The lowest BCUT2D eigenvalue weighted by molar-refractivity contribution is 0.0400. The van der Waals surface area contributed by atoms with Gasteiger partial charge in [-0.2, -0.15) is 0 Å². The van der Waals surface area contributed by atoms with Crippen LogP contribution in [-0.4, -0.2) is 47.3 Å². The van der Waals surface area contributed by atoms with E-state index in [1.54, 1.807) is 0 Å². The van der Waals surface area contributed by atoms with Crippen molar-refractivity contribution >= 4 is 0 Å². The standard InChI is InChI=1S/C14H32N2O/c1-7-16(8-2)11-9-10-12(3)15-13(4)14(5,6)17/h12-13,15,17H,7-11H2,1-6H3. The van der Waals surface area contributed by atoms with Gasteiger partial charge in [-0.25, -0.2) is 0 Å². The quantitative estimate of drug-likeness (QED) is 0.653. The molecule has 0 amide bonds. The molecule has 0 saturated heterocycles. The number of rotatable bonds is 9. The van der Waals surface area contributed by atoms with Crippen LogP contribution in [0.3, 0.4) is 0 Å². The maximum absolute atomic E-state index is 9.85. The van der Waals surface area contributed by atoms with Crippen molar-refractivity contribution in [1.82, 2.24) is 10.2 Å². The van der Waals surface area contributed by atoms with E-state index in [9.17, 15) is 5.11 Å². The Bertz CT molecular complexity index is 185. The van der Waals surface area contributed by atoms with Crippen molar-refractivity contribution in [2.45, 2.75) is 72.1 Å². The van der Waals surface area contributed by atoms with Crippen molar-refractivity contribution in [3.8, 4) is 0 Å². The highest BCUT2D eigenvalue weighted by atomic mass is 16.3. The number of nitrogens with one attached hydrogen (secondary N) is 1. The molecule has 0 aliphatic heterocycles. The molecule has 17 heavy (non-hydrogen) atoms. The Labute approximate surface area is 108 Å². The zero-order chi connectivity index (χ0) is 13.5. The fourth-order valence-electron chi connectivity index (χ4n) is 1.87. The minimum Gasteiger partial charge on any atom is -0.389 e. The van der Waals surface area contributed by atoms with Crippen LogP contribution in [0.15, 0.2) is 0 Å². The second-order valence-corrected chi connectivity index (χ2v) is 5.61. The van der Waals surface area contributed by atoms with Crippen molar-refractivity contribution in [3.05, 3.63) is 0 Å². The molecule has 0 aliphatic carbocycles. The summed E-state index contributed by atoms with van der Waals surface area (Å²) < 4.78 is 0. The Hall–Kier alpha value is -0.120. The number of hydrogen-bond acceptors (Lipinski definition) is 3. The monoisotopic (exact) mass is 244 g/mol. The maximum Gasteiger partial charge on any atom is 0.0741 e. The summed E-state index contributed by atoms with van der Waals surface area (Å²) in [5.41, 5.74) is -0.646. The molecule has 0 heterocycles. The second kappa shape index (κ2) is 8.06. The number of nitrogens with zero attached hydrogens (tertiary/aromatic N) is 1. The summed E-state index contributed by atoms with van der Waals surface area (Å²) in [7, 11) is 0. The first-order valence-corrected chi connectivity index (χ1v) is 7.02. The van der Waals surface area contributed by atoms with Crippen LogP contribution in [0, 0.1) is 0 Å². The fourth-order valence-corrected chi connectivity index (χ4v) is 1.87. The molecule has 2 atom stereocenters. The lowest BCUT2D eigenvalue weighted by atomic mass is 9.99. The van der Waals surface area contributed by atoms with Gasteiger partial charge in [-0.3, -0.25) is 0 Å². The van der Waals surface area contributed by atoms with Gasteiger partial charge in [0, 0.05) is 12.1 Å². The first kappa shape index (κ1) is 16.9. The number of aliphatic hydroxyl groups is 1. The molecule has 104 valence electrons. The average molecular weight is 244 g/mol. The first-order valence-electron chi connectivity index (χ1n) is 7.02. The third-order valence-electron chi connectivity index (χ3n) is 3.60. The predicted octanol–water partition coefficient (Wildman–Crippen LogP) is 2.25. The van der Waals surface area contributed by atoms with Gasteiger partial charge in [0.05, 0.1) is 5.60 Å². The molecule has 0 spiro atoms. The van der Waals surface area contributed by atoms with Crippen LogP contribution in [0.2, 0.25) is 0 Å². The van der Waals surface area contributed by atoms with Crippen molar-refractivity contribution in [2.75, 3.05) is 19.6 Å². The van der Waals surface area contributed by atoms with E-state index >= 15 is 0 Å². The Morgan fingerprint density at radius 2 is 1.71 bits per heavy atom. The topological polar surface area (TPSA) is 35.5 Å². The SMILES string of the molecule is CCN(CC)CCCC(C)NC(C)C(C)(C)O. The predicted molar refractivity (Wildman–Crippen MR) is 75.4 cm³/mol. The van der Waals surface area contributed by atoms with Crippen molar-refractivity contribution in [1.29, 1.82) is 0 Å². The van der Waals surface area contributed by atoms with Crippen LogP contribution >= 0.6 is 0 Å². The molecule has 0 aliphatic rings. The summed E-state index contributed by atoms with van der Waals surface area (Å²) in [5, 5.41) is 13.3. The molecule has 2 unspecified atom stereocenters. The normalized spacial score (nSPS) is 16.2. The smallest absolute Gasteiger partial charge is 0.0741 e. The van der Waals surface area contributed by atoms with Gasteiger partial charge in [0.2, 0.25) is 0 Å². The Morgan fingerprint density at radius 1 is 1.18 bits per heavy atom. The molecular formula is C14H32N2O. The van der Waals surface area contributed by atoms with Crippen LogP contribution in [-0.2, 0) is 0 Å². The molecule has 0 saturated carbocycles. The summed E-state index contributed by atoms with van der Waals surface area (Å²) in [5.74, 6) is 0. The minimum atomic E-state index is -0.646. The Balaban J connectivity index is 3.76. The van der Waals surface area contributed by atoms with Crippen LogP contribution in [0.5, 0.6) is 0 Å². The van der Waals surface area contributed by atoms with Gasteiger partial charge in [-0.1, -0.05) is 13.8 Å². The third kappa shape index (κ3) is 7.74. The van der Waals surface area contributed by atoms with Crippen molar-refractivity contribution in [3.63, 3.8) is 0 Å². The molecule has 0 bridgehead atoms. The van der Waals surface area contributed by atoms with Gasteiger partial charge in [0.15, 0.2) is 0 Å². The van der Waals surface area contributed by atoms with Gasteiger partial charge < -0.3 is 15.3 Å². The Morgan fingerprint density at radius 3 is 2.12 bits per heavy atom. The largest absolute Gasteiger partial charge is 0.389 e. The zero-order valence-corrected chi connectivity index (χ0v) is 12.6. The molecular weight excluding hydrogens is 212 g/mol. The minimum absolute atomic E-state index is 0.131. The summed E-state index contributed by atoms with van der Waals surface area (Å²) in [6.07, 6.45) is 2.38. The van der Waals surface area contributed by atoms with E-state index in [2.05, 4.69) is 31.0 Å². The van der Waals surface area contributed by atoms with E-state index < -0.39 is 5.60 Å². The summed E-state index contributed by atoms with van der Waals surface area (Å²) >= 11 is 0. The van der Waals surface area contributed by atoms with Gasteiger partial charge in [0.1, 0.15) is 0 Å². The molecule has 0 radical (unpaired) electrons. The molecule has 0 aromatic heterocycles. The van der Waals surface area contributed by atoms with Gasteiger partial charge >= 0.3 is 0 Å². The highest BCUT2D eigenvalue weighted by molar-refractivity contribution is 4.81. The Kier molecular flexibility index (Phi) is 8.01. The summed E-state index contributed by atoms with van der Waals surface area (Å²) in [6, 6.07) is 0.595. The van der Waals surface area contributed by atoms with Gasteiger partial charge in [0.25, 0.3) is 0 Å². The molecule has 0 aromatic rings. The molecule has 2 N–H and O–H groups in total. The van der Waals surface area contributed by atoms with E-state index in [0.29, 0.717) is 6.04 Å². The average Bonchev–Trinajstić information content (AvgIpc) is 2.23. The second-order valence-electron chi connectivity index (χ2n) is 5.61. The van der Waals surface area contributed by atoms with Crippen molar-refractivity contribution < 1.29 is 5.11 Å². The first-order chi connectivity index (χ1) is 7.81. The van der Waals surface area contributed by atoms with Crippen LogP contribution in [0.25, 0.3) is 0 Å². The van der Waals surface area contributed by atoms with Crippen LogP contribution in [0.4, 0.5) is 0 Å². The van der Waals surface area contributed by atoms with E-state index in [1.165, 1.54) is 13.0 Å². The van der Waals surface area contributed by atoms with E-state index in [1.807, 2.05) is 20.8 Å². The molecule has 0 rings (SSSR count). The van der Waals surface area contributed by atoms with E-state index in [0.717, 1.165) is 19.5 Å². The van der Waals surface area contributed by atoms with Gasteiger partial charge in [-0.05, 0) is 60.2 Å². The van der Waals surface area contributed by atoms with E-state index in [4.69, 9.17) is 0 Å². The van der Waals surface area contributed by atoms with Gasteiger partial charge in [-0.15, -0.1) is 0 Å². The van der Waals surface area contributed by atoms with Crippen LogP contribution < -0.4 is 5.32 Å². The van der Waals surface area contributed by atoms with Crippen molar-refractivity contribution in [2.24, 2.45) is 0 Å². The summed E-state index contributed by atoms with van der Waals surface area (Å²) in [4.78, 5) is 2.45. The molecule has 3 nitrogen and oxygen atoms in total. The highest BCUT2D eigenvalue weighted by Crippen LogP contribution is 2.10. The van der Waals surface area contributed by atoms with Crippen LogP contribution in [0.1, 0.15) is 54.4 Å². The summed E-state index contributed by atoms with van der Waals surface area (Å²) in [6.45, 7) is 15.8. The third-order valence-corrected chi connectivity index (χ3v) is 3.60. The van der Waals surface area contributed by atoms with E-state index in [-0.39, 0.29) is 6.04 Å². The zero-order valence-electron chi connectivity index (χ0n) is 12.6. The fraction of sp³-hybridized carbons (Fsp3) is 1.00. The maximum atomic E-state index is 9.85.